The summed E-state index contributed by atoms with van der Waals surface area (Å²) in [4.78, 5) is 16.6. The van der Waals surface area contributed by atoms with Crippen LogP contribution in [-0.4, -0.2) is 55.0 Å². The topological polar surface area (TPSA) is 32.8 Å². The lowest BCUT2D eigenvalue weighted by Crippen LogP contribution is -2.47. The third-order valence-corrected chi connectivity index (χ3v) is 3.90. The van der Waals surface area contributed by atoms with Gasteiger partial charge in [0.25, 0.3) is 5.91 Å². The molecule has 0 atom stereocenters. The second-order valence-corrected chi connectivity index (χ2v) is 5.32. The van der Waals surface area contributed by atoms with Crippen LogP contribution in [0.15, 0.2) is 30.3 Å². The van der Waals surface area contributed by atoms with Crippen molar-refractivity contribution in [2.45, 2.75) is 25.8 Å². The second-order valence-electron chi connectivity index (χ2n) is 5.32. The van der Waals surface area contributed by atoms with Gasteiger partial charge in [-0.05, 0) is 52.0 Å². The molecule has 1 aromatic rings. The first-order valence-electron chi connectivity index (χ1n) is 7.36. The molecule has 1 aliphatic rings. The van der Waals surface area contributed by atoms with Crippen LogP contribution in [0.25, 0.3) is 0 Å². The molecule has 20 heavy (non-hydrogen) atoms. The van der Waals surface area contributed by atoms with E-state index >= 15 is 0 Å². The SMILES string of the molecule is CCN(C(=O)COc1ccccc1)C1CCN(C)CC1. The second kappa shape index (κ2) is 7.29. The van der Waals surface area contributed by atoms with Crippen molar-refractivity contribution in [1.29, 1.82) is 0 Å². The van der Waals surface area contributed by atoms with Crippen molar-refractivity contribution < 1.29 is 9.53 Å². The number of para-hydroxylation sites is 1. The summed E-state index contributed by atoms with van der Waals surface area (Å²) in [7, 11) is 2.13. The van der Waals surface area contributed by atoms with Gasteiger partial charge in [0, 0.05) is 12.6 Å². The largest absolute Gasteiger partial charge is 0.484 e. The zero-order valence-corrected chi connectivity index (χ0v) is 12.4. The minimum absolute atomic E-state index is 0.0888. The molecule has 0 aliphatic carbocycles. The van der Waals surface area contributed by atoms with Gasteiger partial charge < -0.3 is 14.5 Å². The molecule has 1 fully saturated rings. The van der Waals surface area contributed by atoms with Crippen LogP contribution in [0, 0.1) is 0 Å². The highest BCUT2D eigenvalue weighted by Crippen LogP contribution is 2.16. The van der Waals surface area contributed by atoms with E-state index in [1.165, 1.54) is 0 Å². The summed E-state index contributed by atoms with van der Waals surface area (Å²) >= 11 is 0. The molecule has 1 heterocycles. The quantitative estimate of drug-likeness (QED) is 0.824. The van der Waals surface area contributed by atoms with Gasteiger partial charge >= 0.3 is 0 Å². The minimum atomic E-state index is 0.0888. The third kappa shape index (κ3) is 3.97. The molecule has 0 bridgehead atoms. The van der Waals surface area contributed by atoms with Crippen molar-refractivity contribution in [2.75, 3.05) is 33.3 Å². The molecule has 1 amide bonds. The number of likely N-dealkylation sites (tertiary alicyclic amines) is 1. The van der Waals surface area contributed by atoms with Crippen molar-refractivity contribution in [3.63, 3.8) is 0 Å². The van der Waals surface area contributed by atoms with Gasteiger partial charge in [-0.2, -0.15) is 0 Å². The lowest BCUT2D eigenvalue weighted by Gasteiger charge is -2.36. The fourth-order valence-electron chi connectivity index (χ4n) is 2.69. The molecule has 0 aromatic heterocycles. The Labute approximate surface area is 121 Å². The number of rotatable bonds is 5. The third-order valence-electron chi connectivity index (χ3n) is 3.90. The Bertz CT molecular complexity index is 414. The fourth-order valence-corrected chi connectivity index (χ4v) is 2.69. The number of hydrogen-bond acceptors (Lipinski definition) is 3. The number of likely N-dealkylation sites (N-methyl/N-ethyl adjacent to an activating group) is 1. The summed E-state index contributed by atoms with van der Waals surface area (Å²) in [5, 5.41) is 0. The van der Waals surface area contributed by atoms with Crippen LogP contribution < -0.4 is 4.74 Å². The zero-order valence-electron chi connectivity index (χ0n) is 12.4. The van der Waals surface area contributed by atoms with Gasteiger partial charge in [0.1, 0.15) is 5.75 Å². The Morgan fingerprint density at radius 1 is 1.30 bits per heavy atom. The summed E-state index contributed by atoms with van der Waals surface area (Å²) in [6, 6.07) is 9.87. The van der Waals surface area contributed by atoms with Crippen molar-refractivity contribution in [1.82, 2.24) is 9.80 Å². The summed E-state index contributed by atoms with van der Waals surface area (Å²) in [6.45, 7) is 5.05. The predicted octanol–water partition coefficient (Wildman–Crippen LogP) is 2.01. The maximum Gasteiger partial charge on any atom is 0.260 e. The number of ether oxygens (including phenoxy) is 1. The fraction of sp³-hybridized carbons (Fsp3) is 0.562. The van der Waals surface area contributed by atoms with Gasteiger partial charge in [-0.3, -0.25) is 4.79 Å². The maximum atomic E-state index is 12.3. The number of carbonyl (C=O) groups excluding carboxylic acids is 1. The van der Waals surface area contributed by atoms with E-state index in [2.05, 4.69) is 11.9 Å². The van der Waals surface area contributed by atoms with Crippen molar-refractivity contribution >= 4 is 5.91 Å². The molecule has 1 saturated heterocycles. The normalized spacial score (nSPS) is 16.9. The van der Waals surface area contributed by atoms with E-state index in [0.29, 0.717) is 6.04 Å². The molecule has 1 aliphatic heterocycles. The number of amides is 1. The first kappa shape index (κ1) is 14.9. The van der Waals surface area contributed by atoms with E-state index in [-0.39, 0.29) is 12.5 Å². The van der Waals surface area contributed by atoms with Crippen LogP contribution in [0.3, 0.4) is 0 Å². The van der Waals surface area contributed by atoms with Gasteiger partial charge in [0.2, 0.25) is 0 Å². The number of carbonyl (C=O) groups is 1. The Balaban J connectivity index is 1.86. The number of benzene rings is 1. The van der Waals surface area contributed by atoms with Crippen molar-refractivity contribution in [2.24, 2.45) is 0 Å². The lowest BCUT2D eigenvalue weighted by atomic mass is 10.0. The maximum absolute atomic E-state index is 12.3. The van der Waals surface area contributed by atoms with Crippen LogP contribution >= 0.6 is 0 Å². The molecule has 1 aromatic carbocycles. The standard InChI is InChI=1S/C16H24N2O2/c1-3-18(14-9-11-17(2)12-10-14)16(19)13-20-15-7-5-4-6-8-15/h4-8,14H,3,9-13H2,1-2H3. The molecular weight excluding hydrogens is 252 g/mol. The van der Waals surface area contributed by atoms with Gasteiger partial charge in [0.05, 0.1) is 0 Å². The molecule has 0 radical (unpaired) electrons. The highest BCUT2D eigenvalue weighted by atomic mass is 16.5. The minimum Gasteiger partial charge on any atom is -0.484 e. The average molecular weight is 276 g/mol. The van der Waals surface area contributed by atoms with E-state index in [1.54, 1.807) is 0 Å². The number of piperidine rings is 1. The first-order valence-corrected chi connectivity index (χ1v) is 7.36. The molecule has 0 unspecified atom stereocenters. The summed E-state index contributed by atoms with van der Waals surface area (Å²) < 4.78 is 5.56. The molecule has 4 nitrogen and oxygen atoms in total. The highest BCUT2D eigenvalue weighted by Gasteiger charge is 2.25. The molecule has 2 rings (SSSR count). The van der Waals surface area contributed by atoms with E-state index in [0.717, 1.165) is 38.2 Å². The van der Waals surface area contributed by atoms with Crippen molar-refractivity contribution in [3.05, 3.63) is 30.3 Å². The Kier molecular flexibility index (Phi) is 5.41. The highest BCUT2D eigenvalue weighted by molar-refractivity contribution is 5.78. The van der Waals surface area contributed by atoms with E-state index in [1.807, 2.05) is 42.2 Å². The predicted molar refractivity (Wildman–Crippen MR) is 79.8 cm³/mol. The average Bonchev–Trinajstić information content (AvgIpc) is 2.49. The molecule has 0 N–H and O–H groups in total. The Morgan fingerprint density at radius 3 is 2.55 bits per heavy atom. The smallest absolute Gasteiger partial charge is 0.260 e. The van der Waals surface area contributed by atoms with Crippen LogP contribution in [0.2, 0.25) is 0 Å². The first-order chi connectivity index (χ1) is 9.70. The van der Waals surface area contributed by atoms with Crippen LogP contribution in [0.4, 0.5) is 0 Å². The van der Waals surface area contributed by atoms with E-state index in [4.69, 9.17) is 4.74 Å². The van der Waals surface area contributed by atoms with Crippen LogP contribution in [-0.2, 0) is 4.79 Å². The van der Waals surface area contributed by atoms with Gasteiger partial charge in [-0.15, -0.1) is 0 Å². The van der Waals surface area contributed by atoms with Crippen LogP contribution in [0.5, 0.6) is 5.75 Å². The number of hydrogen-bond donors (Lipinski definition) is 0. The molecule has 110 valence electrons. The molecule has 0 saturated carbocycles. The van der Waals surface area contributed by atoms with E-state index < -0.39 is 0 Å². The summed E-state index contributed by atoms with van der Waals surface area (Å²) in [5.41, 5.74) is 0. The van der Waals surface area contributed by atoms with Gasteiger partial charge in [-0.25, -0.2) is 0 Å². The zero-order chi connectivity index (χ0) is 14.4. The lowest BCUT2D eigenvalue weighted by molar-refractivity contribution is -0.136. The van der Waals surface area contributed by atoms with Gasteiger partial charge in [-0.1, -0.05) is 18.2 Å². The summed E-state index contributed by atoms with van der Waals surface area (Å²) in [5.74, 6) is 0.839. The monoisotopic (exact) mass is 276 g/mol. The van der Waals surface area contributed by atoms with E-state index in [9.17, 15) is 4.79 Å². The molecular formula is C16H24N2O2. The summed E-state index contributed by atoms with van der Waals surface area (Å²) in [6.07, 6.45) is 2.11. The molecule has 4 heteroatoms. The Morgan fingerprint density at radius 2 is 1.95 bits per heavy atom. The Hall–Kier alpha value is -1.55. The van der Waals surface area contributed by atoms with Crippen molar-refractivity contribution in [3.8, 4) is 5.75 Å². The molecule has 0 spiro atoms. The van der Waals surface area contributed by atoms with Gasteiger partial charge in [0.15, 0.2) is 6.61 Å². The van der Waals surface area contributed by atoms with Crippen LogP contribution in [0.1, 0.15) is 19.8 Å². The number of nitrogens with zero attached hydrogens (tertiary/aromatic N) is 2.